The second-order valence-corrected chi connectivity index (χ2v) is 5.09. The molecular weight excluding hydrogens is 224 g/mol. The lowest BCUT2D eigenvalue weighted by Crippen LogP contribution is -2.31. The number of hydrogen-bond donors (Lipinski definition) is 2. The maximum atomic E-state index is 5.59. The van der Waals surface area contributed by atoms with Crippen molar-refractivity contribution in [1.29, 1.82) is 0 Å². The van der Waals surface area contributed by atoms with Crippen molar-refractivity contribution in [3.05, 3.63) is 35.4 Å². The maximum Gasteiger partial charge on any atom is 0.0693 e. The number of rotatable bonds is 7. The smallest absolute Gasteiger partial charge is 0.0693 e. The predicted molar refractivity (Wildman–Crippen MR) is 74.2 cm³/mol. The molecule has 1 aliphatic carbocycles. The third-order valence-corrected chi connectivity index (χ3v) is 3.75. The van der Waals surface area contributed by atoms with Crippen molar-refractivity contribution in [2.24, 2.45) is 5.84 Å². The largest absolute Gasteiger partial charge is 0.379 e. The first-order valence-electron chi connectivity index (χ1n) is 6.99. The monoisotopic (exact) mass is 248 g/mol. The summed E-state index contributed by atoms with van der Waals surface area (Å²) >= 11 is 0. The molecule has 0 amide bonds. The van der Waals surface area contributed by atoms with Gasteiger partial charge in [0.2, 0.25) is 0 Å². The Morgan fingerprint density at radius 1 is 1.33 bits per heavy atom. The minimum absolute atomic E-state index is 0.0898. The van der Waals surface area contributed by atoms with Gasteiger partial charge in [-0.1, -0.05) is 37.6 Å². The van der Waals surface area contributed by atoms with E-state index < -0.39 is 0 Å². The Bertz CT molecular complexity index is 346. The first kappa shape index (κ1) is 13.5. The second kappa shape index (κ2) is 6.88. The van der Waals surface area contributed by atoms with Crippen LogP contribution in [0.4, 0.5) is 0 Å². The Balaban J connectivity index is 1.93. The van der Waals surface area contributed by atoms with E-state index in [1.165, 1.54) is 30.4 Å². The Morgan fingerprint density at radius 2 is 2.06 bits per heavy atom. The quantitative estimate of drug-likeness (QED) is 0.443. The topological polar surface area (TPSA) is 47.3 Å². The van der Waals surface area contributed by atoms with E-state index in [9.17, 15) is 0 Å². The third-order valence-electron chi connectivity index (χ3n) is 3.75. The molecule has 0 bridgehead atoms. The number of nitrogens with two attached hydrogens (primary N) is 1. The van der Waals surface area contributed by atoms with E-state index in [4.69, 9.17) is 10.6 Å². The molecule has 1 atom stereocenters. The highest BCUT2D eigenvalue weighted by molar-refractivity contribution is 5.28. The van der Waals surface area contributed by atoms with Gasteiger partial charge >= 0.3 is 0 Å². The summed E-state index contributed by atoms with van der Waals surface area (Å²) in [5.41, 5.74) is 5.50. The fourth-order valence-corrected chi connectivity index (χ4v) is 2.33. The van der Waals surface area contributed by atoms with E-state index in [1.807, 2.05) is 0 Å². The minimum Gasteiger partial charge on any atom is -0.379 e. The zero-order valence-corrected chi connectivity index (χ0v) is 11.2. The molecule has 100 valence electrons. The average Bonchev–Trinajstić information content (AvgIpc) is 2.34. The molecule has 1 aromatic carbocycles. The fraction of sp³-hybridized carbons (Fsp3) is 0.600. The molecule has 1 saturated carbocycles. The van der Waals surface area contributed by atoms with E-state index in [0.29, 0.717) is 6.61 Å². The van der Waals surface area contributed by atoms with Crippen LogP contribution in [-0.4, -0.2) is 13.2 Å². The molecular formula is C15H24N2O. The highest BCUT2D eigenvalue weighted by atomic mass is 16.5. The molecule has 0 spiro atoms. The molecule has 18 heavy (non-hydrogen) atoms. The van der Waals surface area contributed by atoms with Gasteiger partial charge in [0.1, 0.15) is 0 Å². The number of ether oxygens (including phenoxy) is 1. The molecule has 0 radical (unpaired) electrons. The molecule has 1 unspecified atom stereocenters. The highest BCUT2D eigenvalue weighted by Crippen LogP contribution is 2.36. The van der Waals surface area contributed by atoms with E-state index in [-0.39, 0.29) is 6.04 Å². The first-order valence-corrected chi connectivity index (χ1v) is 6.99. The van der Waals surface area contributed by atoms with Crippen LogP contribution in [0.1, 0.15) is 55.7 Å². The van der Waals surface area contributed by atoms with Gasteiger partial charge in [-0.15, -0.1) is 0 Å². The van der Waals surface area contributed by atoms with Gasteiger partial charge in [0, 0.05) is 6.61 Å². The lowest BCUT2D eigenvalue weighted by atomic mass is 9.80. The van der Waals surface area contributed by atoms with Crippen LogP contribution in [0, 0.1) is 0 Å². The lowest BCUT2D eigenvalue weighted by Gasteiger charge is -2.26. The molecule has 3 nitrogen and oxygen atoms in total. The summed E-state index contributed by atoms with van der Waals surface area (Å²) < 4.78 is 5.56. The zero-order chi connectivity index (χ0) is 12.8. The van der Waals surface area contributed by atoms with Gasteiger partial charge in [0.05, 0.1) is 12.6 Å². The van der Waals surface area contributed by atoms with Crippen LogP contribution < -0.4 is 11.3 Å². The van der Waals surface area contributed by atoms with E-state index in [2.05, 4.69) is 36.6 Å². The van der Waals surface area contributed by atoms with Crippen LogP contribution >= 0.6 is 0 Å². The van der Waals surface area contributed by atoms with Gasteiger partial charge in [0.25, 0.3) is 0 Å². The normalized spacial score (nSPS) is 17.4. The van der Waals surface area contributed by atoms with Crippen LogP contribution in [0.25, 0.3) is 0 Å². The molecule has 1 aliphatic rings. The van der Waals surface area contributed by atoms with Crippen molar-refractivity contribution in [3.8, 4) is 0 Å². The average molecular weight is 248 g/mol. The van der Waals surface area contributed by atoms with Gasteiger partial charge in [-0.05, 0) is 36.3 Å². The van der Waals surface area contributed by atoms with E-state index >= 15 is 0 Å². The summed E-state index contributed by atoms with van der Waals surface area (Å²) in [4.78, 5) is 0. The molecule has 1 aromatic rings. The molecule has 0 aliphatic heterocycles. The van der Waals surface area contributed by atoms with Gasteiger partial charge in [-0.2, -0.15) is 0 Å². The molecule has 2 rings (SSSR count). The standard InChI is InChI=1S/C15H24N2O/c1-2-10-18-11-15(17-16)14-8-6-13(7-9-14)12-4-3-5-12/h6-9,12,15,17H,2-5,10-11,16H2,1H3. The molecule has 3 heteroatoms. The first-order chi connectivity index (χ1) is 8.85. The lowest BCUT2D eigenvalue weighted by molar-refractivity contribution is 0.112. The molecule has 0 aromatic heterocycles. The summed E-state index contributed by atoms with van der Waals surface area (Å²) in [5.74, 6) is 6.38. The minimum atomic E-state index is 0.0898. The Kier molecular flexibility index (Phi) is 5.17. The summed E-state index contributed by atoms with van der Waals surface area (Å²) in [6.07, 6.45) is 5.11. The zero-order valence-electron chi connectivity index (χ0n) is 11.2. The van der Waals surface area contributed by atoms with Crippen molar-refractivity contribution in [3.63, 3.8) is 0 Å². The molecule has 0 heterocycles. The van der Waals surface area contributed by atoms with Gasteiger partial charge < -0.3 is 4.74 Å². The number of hydrazine groups is 1. The van der Waals surface area contributed by atoms with Crippen LogP contribution in [0.2, 0.25) is 0 Å². The summed E-state index contributed by atoms with van der Waals surface area (Å²) in [7, 11) is 0. The van der Waals surface area contributed by atoms with Crippen LogP contribution in [0.3, 0.4) is 0 Å². The maximum absolute atomic E-state index is 5.59. The number of benzene rings is 1. The van der Waals surface area contributed by atoms with E-state index in [0.717, 1.165) is 18.9 Å². The van der Waals surface area contributed by atoms with Crippen LogP contribution in [0.15, 0.2) is 24.3 Å². The van der Waals surface area contributed by atoms with Gasteiger partial charge in [0.15, 0.2) is 0 Å². The van der Waals surface area contributed by atoms with Crippen LogP contribution in [-0.2, 0) is 4.74 Å². The highest BCUT2D eigenvalue weighted by Gasteiger charge is 2.19. The van der Waals surface area contributed by atoms with Crippen molar-refractivity contribution >= 4 is 0 Å². The molecule has 3 N–H and O–H groups in total. The summed E-state index contributed by atoms with van der Waals surface area (Å²) in [5, 5.41) is 0. The predicted octanol–water partition coefficient (Wildman–Crippen LogP) is 2.89. The number of nitrogens with one attached hydrogen (secondary N) is 1. The van der Waals surface area contributed by atoms with Crippen molar-refractivity contribution < 1.29 is 4.74 Å². The van der Waals surface area contributed by atoms with Crippen molar-refractivity contribution in [2.75, 3.05) is 13.2 Å². The Morgan fingerprint density at radius 3 is 2.56 bits per heavy atom. The second-order valence-electron chi connectivity index (χ2n) is 5.09. The van der Waals surface area contributed by atoms with Gasteiger partial charge in [-0.25, -0.2) is 0 Å². The third kappa shape index (κ3) is 3.31. The fourth-order valence-electron chi connectivity index (χ4n) is 2.33. The van der Waals surface area contributed by atoms with Crippen LogP contribution in [0.5, 0.6) is 0 Å². The molecule has 0 saturated heterocycles. The van der Waals surface area contributed by atoms with Gasteiger partial charge in [-0.3, -0.25) is 11.3 Å². The number of hydrogen-bond acceptors (Lipinski definition) is 3. The van der Waals surface area contributed by atoms with Crippen molar-refractivity contribution in [1.82, 2.24) is 5.43 Å². The Labute approximate surface area is 110 Å². The summed E-state index contributed by atoms with van der Waals surface area (Å²) in [6.45, 7) is 3.53. The molecule has 1 fully saturated rings. The van der Waals surface area contributed by atoms with Crippen molar-refractivity contribution in [2.45, 2.75) is 44.6 Å². The van der Waals surface area contributed by atoms with E-state index in [1.54, 1.807) is 0 Å². The SMILES string of the molecule is CCCOCC(NN)c1ccc(C2CCC2)cc1. The summed E-state index contributed by atoms with van der Waals surface area (Å²) in [6, 6.07) is 8.92. The Hall–Kier alpha value is -0.900.